The van der Waals surface area contributed by atoms with Crippen molar-refractivity contribution in [2.24, 2.45) is 0 Å². The van der Waals surface area contributed by atoms with Gasteiger partial charge in [0.05, 0.1) is 12.0 Å². The van der Waals surface area contributed by atoms with Gasteiger partial charge in [-0.1, -0.05) is 78.9 Å². The second kappa shape index (κ2) is 6.81. The molecule has 2 heteroatoms. The second-order valence-corrected chi connectivity index (χ2v) is 7.24. The number of ether oxygens (including phenoxy) is 1. The zero-order valence-electron chi connectivity index (χ0n) is 15.6. The van der Waals surface area contributed by atoms with Gasteiger partial charge in [0.2, 0.25) is 0 Å². The molecule has 3 aromatic rings. The minimum Gasteiger partial charge on any atom is -0.491 e. The van der Waals surface area contributed by atoms with Crippen LogP contribution in [0, 0.1) is 0 Å². The molecule has 1 N–H and O–H groups in total. The smallest absolute Gasteiger partial charge is 0.119 e. The zero-order valence-corrected chi connectivity index (χ0v) is 15.6. The molecule has 0 amide bonds. The van der Waals surface area contributed by atoms with Crippen molar-refractivity contribution in [1.29, 1.82) is 0 Å². The fraction of sp³-hybridized carbons (Fsp3) is 0.154. The Morgan fingerprint density at radius 2 is 1.46 bits per heavy atom. The van der Waals surface area contributed by atoms with Gasteiger partial charge < -0.3 is 9.84 Å². The predicted molar refractivity (Wildman–Crippen MR) is 113 cm³/mol. The van der Waals surface area contributed by atoms with E-state index in [1.807, 2.05) is 12.1 Å². The first-order valence-corrected chi connectivity index (χ1v) is 9.76. The van der Waals surface area contributed by atoms with Crippen LogP contribution in [-0.4, -0.2) is 18.3 Å². The summed E-state index contributed by atoms with van der Waals surface area (Å²) in [7, 11) is 0. The van der Waals surface area contributed by atoms with E-state index in [0.717, 1.165) is 12.2 Å². The predicted octanol–water partition coefficient (Wildman–Crippen LogP) is 5.26. The van der Waals surface area contributed by atoms with Crippen LogP contribution in [-0.2, 0) is 5.41 Å². The second-order valence-electron chi connectivity index (χ2n) is 7.24. The third-order valence-corrected chi connectivity index (χ3v) is 5.80. The lowest BCUT2D eigenvalue weighted by atomic mass is 9.67. The van der Waals surface area contributed by atoms with Crippen molar-refractivity contribution in [3.63, 3.8) is 0 Å². The van der Waals surface area contributed by atoms with E-state index in [-0.39, 0.29) is 12.0 Å². The van der Waals surface area contributed by atoms with E-state index in [9.17, 15) is 0 Å². The molecule has 2 aliphatic carbocycles. The van der Waals surface area contributed by atoms with Gasteiger partial charge in [-0.2, -0.15) is 0 Å². The quantitative estimate of drug-likeness (QED) is 0.667. The van der Waals surface area contributed by atoms with E-state index in [4.69, 9.17) is 9.84 Å². The highest BCUT2D eigenvalue weighted by Crippen LogP contribution is 2.57. The number of allylic oxidation sites excluding steroid dienone is 4. The first-order chi connectivity index (χ1) is 13.9. The number of hydrogen-bond donors (Lipinski definition) is 1. The Kier molecular flexibility index (Phi) is 4.14. The van der Waals surface area contributed by atoms with Gasteiger partial charge in [-0.15, -0.1) is 0 Å². The van der Waals surface area contributed by atoms with Gasteiger partial charge in [0.25, 0.3) is 0 Å². The highest BCUT2D eigenvalue weighted by Gasteiger charge is 2.46. The van der Waals surface area contributed by atoms with Crippen LogP contribution in [0.4, 0.5) is 0 Å². The van der Waals surface area contributed by atoms with Crippen molar-refractivity contribution >= 4 is 0 Å². The molecule has 0 fully saturated rings. The third kappa shape index (κ3) is 2.38. The first-order valence-electron chi connectivity index (χ1n) is 9.76. The van der Waals surface area contributed by atoms with Crippen LogP contribution in [0.15, 0.2) is 96.6 Å². The minimum absolute atomic E-state index is 0.0180. The topological polar surface area (TPSA) is 29.5 Å². The van der Waals surface area contributed by atoms with Gasteiger partial charge in [0.15, 0.2) is 0 Å². The Balaban J connectivity index is 1.77. The number of aliphatic hydroxyl groups excluding tert-OH is 1. The number of aliphatic hydroxyl groups is 1. The number of benzene rings is 3. The van der Waals surface area contributed by atoms with Gasteiger partial charge in [0, 0.05) is 0 Å². The molecular formula is C26H22O2. The molecule has 138 valence electrons. The standard InChI is InChI=1S/C26H22O2/c27-17-18-28-21-15-13-20(14-16-21)26(19-7-1-2-8-19)24-11-5-3-9-22(24)23-10-4-6-12-25(23)26/h1,3-16,27H,2,17-18H2. The van der Waals surface area contributed by atoms with Gasteiger partial charge >= 0.3 is 0 Å². The monoisotopic (exact) mass is 366 g/mol. The van der Waals surface area contributed by atoms with E-state index in [1.165, 1.54) is 33.4 Å². The molecule has 2 nitrogen and oxygen atoms in total. The fourth-order valence-corrected chi connectivity index (χ4v) is 4.72. The molecule has 0 atom stereocenters. The van der Waals surface area contributed by atoms with E-state index in [2.05, 4.69) is 78.9 Å². The summed E-state index contributed by atoms with van der Waals surface area (Å²) in [6, 6.07) is 25.8. The lowest BCUT2D eigenvalue weighted by molar-refractivity contribution is 0.201. The highest BCUT2D eigenvalue weighted by molar-refractivity contribution is 5.86. The van der Waals surface area contributed by atoms with E-state index in [1.54, 1.807) is 0 Å². The molecule has 0 aliphatic heterocycles. The third-order valence-electron chi connectivity index (χ3n) is 5.80. The van der Waals surface area contributed by atoms with E-state index >= 15 is 0 Å². The maximum atomic E-state index is 9.02. The molecule has 0 radical (unpaired) electrons. The molecule has 0 bridgehead atoms. The van der Waals surface area contributed by atoms with Crippen LogP contribution in [0.1, 0.15) is 23.1 Å². The summed E-state index contributed by atoms with van der Waals surface area (Å²) >= 11 is 0. The Hall–Kier alpha value is -3.10. The number of hydrogen-bond acceptors (Lipinski definition) is 2. The van der Waals surface area contributed by atoms with Crippen LogP contribution >= 0.6 is 0 Å². The molecule has 0 saturated heterocycles. The van der Waals surface area contributed by atoms with Gasteiger partial charge in [-0.05, 0) is 51.9 Å². The maximum absolute atomic E-state index is 9.02. The maximum Gasteiger partial charge on any atom is 0.119 e. The summed E-state index contributed by atoms with van der Waals surface area (Å²) in [5, 5.41) is 9.02. The van der Waals surface area contributed by atoms with E-state index < -0.39 is 0 Å². The summed E-state index contributed by atoms with van der Waals surface area (Å²) in [6.45, 7) is 0.328. The summed E-state index contributed by atoms with van der Waals surface area (Å²) in [4.78, 5) is 0. The summed E-state index contributed by atoms with van der Waals surface area (Å²) < 4.78 is 5.59. The van der Waals surface area contributed by atoms with Crippen LogP contribution in [0.5, 0.6) is 5.75 Å². The number of fused-ring (bicyclic) bond motifs is 3. The van der Waals surface area contributed by atoms with Crippen molar-refractivity contribution < 1.29 is 9.84 Å². The molecule has 0 spiro atoms. The largest absolute Gasteiger partial charge is 0.491 e. The van der Waals surface area contributed by atoms with Crippen LogP contribution in [0.25, 0.3) is 11.1 Å². The summed E-state index contributed by atoms with van der Waals surface area (Å²) in [6.07, 6.45) is 7.82. The molecule has 28 heavy (non-hydrogen) atoms. The number of rotatable bonds is 5. The van der Waals surface area contributed by atoms with Gasteiger partial charge in [-0.25, -0.2) is 0 Å². The van der Waals surface area contributed by atoms with Gasteiger partial charge in [-0.3, -0.25) is 0 Å². The molecule has 0 saturated carbocycles. The average molecular weight is 366 g/mol. The lowest BCUT2D eigenvalue weighted by Gasteiger charge is -2.34. The molecule has 2 aliphatic rings. The molecule has 0 aromatic heterocycles. The van der Waals surface area contributed by atoms with Crippen LogP contribution in [0.2, 0.25) is 0 Å². The van der Waals surface area contributed by atoms with E-state index in [0.29, 0.717) is 6.61 Å². The van der Waals surface area contributed by atoms with Crippen LogP contribution < -0.4 is 4.74 Å². The lowest BCUT2D eigenvalue weighted by Crippen LogP contribution is -2.28. The van der Waals surface area contributed by atoms with Crippen molar-refractivity contribution in [2.45, 2.75) is 11.8 Å². The van der Waals surface area contributed by atoms with Crippen molar-refractivity contribution in [2.75, 3.05) is 13.2 Å². The molecular weight excluding hydrogens is 344 g/mol. The Morgan fingerprint density at radius 3 is 2.04 bits per heavy atom. The summed E-state index contributed by atoms with van der Waals surface area (Å²) in [5.41, 5.74) is 7.53. The molecule has 0 unspecified atom stereocenters. The highest BCUT2D eigenvalue weighted by atomic mass is 16.5. The van der Waals surface area contributed by atoms with Crippen molar-refractivity contribution in [1.82, 2.24) is 0 Å². The first kappa shape index (κ1) is 17.0. The molecule has 0 heterocycles. The molecule has 5 rings (SSSR count). The average Bonchev–Trinajstić information content (AvgIpc) is 3.38. The Bertz CT molecular complexity index is 1030. The Morgan fingerprint density at radius 1 is 0.821 bits per heavy atom. The normalized spacial score (nSPS) is 15.8. The van der Waals surface area contributed by atoms with Crippen molar-refractivity contribution in [3.05, 3.63) is 113 Å². The Labute approximate surface area is 165 Å². The minimum atomic E-state index is -0.310. The van der Waals surface area contributed by atoms with Gasteiger partial charge in [0.1, 0.15) is 12.4 Å². The summed E-state index contributed by atoms with van der Waals surface area (Å²) in [5.74, 6) is 0.781. The zero-order chi connectivity index (χ0) is 19.0. The van der Waals surface area contributed by atoms with Crippen molar-refractivity contribution in [3.8, 4) is 16.9 Å². The SMILES string of the molecule is OCCOc1ccc(C2(C3=CCC=C3)c3ccccc3-c3ccccc32)cc1. The fourth-order valence-electron chi connectivity index (χ4n) is 4.72. The van der Waals surface area contributed by atoms with Crippen LogP contribution in [0.3, 0.4) is 0 Å². The molecule has 3 aromatic carbocycles.